The molecule has 0 N–H and O–H groups in total. The Morgan fingerprint density at radius 3 is 1.76 bits per heavy atom. The van der Waals surface area contributed by atoms with Crippen LogP contribution in [0.5, 0.6) is 0 Å². The molecule has 0 saturated carbocycles. The molecule has 10 aromatic carbocycles. The largest absolute Gasteiger partial charge is 0.310 e. The predicted molar refractivity (Wildman–Crippen MR) is 357 cm³/mol. The van der Waals surface area contributed by atoms with Crippen LogP contribution in [0.25, 0.3) is 79.3 Å². The Balaban J connectivity index is 0.847. The number of nitrogens with zero attached hydrogens (tertiary/aromatic N) is 2. The van der Waals surface area contributed by atoms with Crippen molar-refractivity contribution in [2.75, 3.05) is 4.90 Å². The zero-order valence-electron chi connectivity index (χ0n) is 47.7. The van der Waals surface area contributed by atoms with E-state index < -0.39 is 0 Å². The Kier molecular flexibility index (Phi) is 14.3. The van der Waals surface area contributed by atoms with Crippen molar-refractivity contribution in [2.45, 2.75) is 62.7 Å². The third kappa shape index (κ3) is 9.82. The van der Waals surface area contributed by atoms with Crippen LogP contribution in [0.1, 0.15) is 85.1 Å². The molecule has 0 bridgehead atoms. The van der Waals surface area contributed by atoms with Gasteiger partial charge in [-0.3, -0.25) is 0 Å². The number of rotatable bonds is 17. The Hall–Kier alpha value is -9.76. The van der Waals surface area contributed by atoms with Crippen LogP contribution >= 0.6 is 0 Å². The number of aromatic nitrogens is 1. The Labute approximate surface area is 495 Å². The van der Waals surface area contributed by atoms with Gasteiger partial charge in [0.2, 0.25) is 0 Å². The minimum atomic E-state index is -0.309. The summed E-state index contributed by atoms with van der Waals surface area (Å²) in [5, 5.41) is 3.80. The molecule has 3 aliphatic carbocycles. The van der Waals surface area contributed by atoms with Gasteiger partial charge in [-0.25, -0.2) is 0 Å². The summed E-state index contributed by atoms with van der Waals surface area (Å²) >= 11 is 0. The Morgan fingerprint density at radius 1 is 0.488 bits per heavy atom. The SMILES string of the molecule is C=CC1=CC=C(CCCCCC2(c3ccccc3)c3ccccc3-c3ccc(N(c4ccc(-c5ccccc5)cc4)c4ccc(-c5ccc6c(c5)c5c(n6-c6ccc(-c7ccc(C=C)cc7)cc6)=CCC(c6ccccc6)C=5)cc4)cc32)CC1. The lowest BCUT2D eigenvalue weighted by Crippen LogP contribution is -2.31. The van der Waals surface area contributed by atoms with Gasteiger partial charge >= 0.3 is 0 Å². The summed E-state index contributed by atoms with van der Waals surface area (Å²) in [6.45, 7) is 7.96. The first kappa shape index (κ1) is 52.3. The maximum atomic E-state index is 4.01. The lowest BCUT2D eigenvalue weighted by atomic mass is 9.69. The number of unbranched alkanes of at least 4 members (excludes halogenated alkanes) is 2. The molecular formula is C82H68N2. The topological polar surface area (TPSA) is 8.17 Å². The summed E-state index contributed by atoms with van der Waals surface area (Å²) in [4.78, 5) is 2.47. The molecule has 2 atom stereocenters. The van der Waals surface area contributed by atoms with Gasteiger partial charge in [0.05, 0.1) is 5.52 Å². The molecule has 1 aromatic heterocycles. The van der Waals surface area contributed by atoms with Gasteiger partial charge in [-0.15, -0.1) is 0 Å². The van der Waals surface area contributed by atoms with Gasteiger partial charge in [0, 0.05) is 50.0 Å². The summed E-state index contributed by atoms with van der Waals surface area (Å²) in [7, 11) is 0. The first-order valence-electron chi connectivity index (χ1n) is 30.1. The van der Waals surface area contributed by atoms with Crippen molar-refractivity contribution in [3.63, 3.8) is 0 Å². The molecule has 0 amide bonds. The molecule has 2 unspecified atom stereocenters. The van der Waals surface area contributed by atoms with E-state index in [0.29, 0.717) is 5.92 Å². The van der Waals surface area contributed by atoms with Crippen LogP contribution in [0.4, 0.5) is 17.1 Å². The number of benzene rings is 10. The fourth-order valence-electron chi connectivity index (χ4n) is 13.8. The van der Waals surface area contributed by atoms with Gasteiger partial charge in [0.15, 0.2) is 0 Å². The van der Waals surface area contributed by atoms with Crippen LogP contribution in [0.2, 0.25) is 0 Å². The maximum Gasteiger partial charge on any atom is 0.0541 e. The molecule has 84 heavy (non-hydrogen) atoms. The van der Waals surface area contributed by atoms with Crippen molar-refractivity contribution in [3.05, 3.63) is 330 Å². The highest BCUT2D eigenvalue weighted by atomic mass is 15.1. The van der Waals surface area contributed by atoms with Gasteiger partial charge in [-0.2, -0.15) is 0 Å². The standard InChI is InChI=1S/C82H68N2/c1-3-58-28-30-60(31-29-58)19-9-8-18-54-82(69-24-14-7-15-25-69)78-27-17-16-26-74(78)75-51-50-73(57-79(75)82)83(70-44-36-64(37-45-70)61-20-10-5-11-21-61)71-46-40-66(41-47-71)68-43-53-81-77(56-68)76-55-67(62-22-12-6-13-23-62)42-52-80(76)84(81)72-48-38-65(39-49-72)63-34-32-59(4-2)33-35-63/h3-7,10-17,20-28,30,32-41,43-53,55-57,67H,1-2,8-9,18-19,29,31,42,54H2. The average Bonchev–Trinajstić information content (AvgIpc) is 1.95. The molecule has 14 rings (SSSR count). The van der Waals surface area contributed by atoms with Crippen LogP contribution in [0.3, 0.4) is 0 Å². The average molecular weight is 1080 g/mol. The van der Waals surface area contributed by atoms with Crippen LogP contribution in [0.15, 0.2) is 291 Å². The molecule has 0 radical (unpaired) electrons. The van der Waals surface area contributed by atoms with E-state index in [2.05, 4.69) is 296 Å². The van der Waals surface area contributed by atoms with E-state index in [1.165, 1.54) is 107 Å². The number of allylic oxidation sites excluding steroid dienone is 5. The second-order valence-electron chi connectivity index (χ2n) is 23.0. The highest BCUT2D eigenvalue weighted by molar-refractivity contribution is 5.91. The minimum absolute atomic E-state index is 0.291. The van der Waals surface area contributed by atoms with Crippen molar-refractivity contribution >= 4 is 46.2 Å². The van der Waals surface area contributed by atoms with Crippen molar-refractivity contribution in [1.82, 2.24) is 4.57 Å². The summed E-state index contributed by atoms with van der Waals surface area (Å²) < 4.78 is 2.47. The lowest BCUT2D eigenvalue weighted by Gasteiger charge is -2.34. The number of hydrogen-bond acceptors (Lipinski definition) is 1. The summed E-state index contributed by atoms with van der Waals surface area (Å²) in [6, 6.07) is 92.8. The van der Waals surface area contributed by atoms with E-state index in [9.17, 15) is 0 Å². The van der Waals surface area contributed by atoms with E-state index in [0.717, 1.165) is 66.8 Å². The van der Waals surface area contributed by atoms with Crippen LogP contribution in [-0.2, 0) is 5.41 Å². The molecule has 1 heterocycles. The van der Waals surface area contributed by atoms with E-state index in [-0.39, 0.29) is 5.41 Å². The number of anilines is 3. The van der Waals surface area contributed by atoms with Crippen molar-refractivity contribution in [1.29, 1.82) is 0 Å². The molecule has 0 spiro atoms. The molecule has 0 fully saturated rings. The van der Waals surface area contributed by atoms with Crippen LogP contribution < -0.4 is 15.5 Å². The first-order chi connectivity index (χ1) is 41.5. The molecule has 2 nitrogen and oxygen atoms in total. The van der Waals surface area contributed by atoms with E-state index in [1.807, 2.05) is 12.2 Å². The van der Waals surface area contributed by atoms with E-state index in [4.69, 9.17) is 0 Å². The van der Waals surface area contributed by atoms with Crippen molar-refractivity contribution < 1.29 is 0 Å². The molecule has 2 heteroatoms. The highest BCUT2D eigenvalue weighted by Gasteiger charge is 2.44. The smallest absolute Gasteiger partial charge is 0.0541 e. The summed E-state index contributed by atoms with van der Waals surface area (Å²) in [5.74, 6) is 0.291. The van der Waals surface area contributed by atoms with Crippen molar-refractivity contribution in [2.24, 2.45) is 0 Å². The van der Waals surface area contributed by atoms with Gasteiger partial charge in [-0.1, -0.05) is 256 Å². The van der Waals surface area contributed by atoms with Crippen LogP contribution in [0, 0.1) is 0 Å². The van der Waals surface area contributed by atoms with Crippen LogP contribution in [-0.4, -0.2) is 4.57 Å². The highest BCUT2D eigenvalue weighted by Crippen LogP contribution is 2.56. The zero-order chi connectivity index (χ0) is 56.4. The molecule has 406 valence electrons. The fourth-order valence-corrected chi connectivity index (χ4v) is 13.8. The molecule has 3 aliphatic rings. The second kappa shape index (κ2) is 22.9. The van der Waals surface area contributed by atoms with Gasteiger partial charge in [-0.05, 0) is 177 Å². The maximum absolute atomic E-state index is 4.01. The van der Waals surface area contributed by atoms with Gasteiger partial charge < -0.3 is 9.47 Å². The number of hydrogen-bond donors (Lipinski definition) is 0. The number of fused-ring (bicyclic) bond motifs is 6. The third-order valence-corrected chi connectivity index (χ3v) is 18.2. The second-order valence-corrected chi connectivity index (χ2v) is 23.0. The predicted octanol–water partition coefficient (Wildman–Crippen LogP) is 20.6. The summed E-state index contributed by atoms with van der Waals surface area (Å²) in [6.07, 6.45) is 22.4. The van der Waals surface area contributed by atoms with Gasteiger partial charge in [0.25, 0.3) is 0 Å². The first-order valence-corrected chi connectivity index (χ1v) is 30.1. The van der Waals surface area contributed by atoms with Gasteiger partial charge in [0.1, 0.15) is 0 Å². The molecule has 11 aromatic rings. The molecule has 0 saturated heterocycles. The zero-order valence-corrected chi connectivity index (χ0v) is 47.7. The molecule has 0 aliphatic heterocycles. The normalized spacial score (nSPS) is 15.8. The summed E-state index contributed by atoms with van der Waals surface area (Å²) in [5.41, 5.74) is 24.8. The Bertz CT molecular complexity index is 4410. The van der Waals surface area contributed by atoms with E-state index >= 15 is 0 Å². The third-order valence-electron chi connectivity index (χ3n) is 18.2. The monoisotopic (exact) mass is 1080 g/mol. The fraction of sp³-hybridized carbons (Fsp3) is 0.122. The van der Waals surface area contributed by atoms with Crippen molar-refractivity contribution in [3.8, 4) is 50.2 Å². The molecular weight excluding hydrogens is 1010 g/mol. The quantitative estimate of drug-likeness (QED) is 0.0825. The minimum Gasteiger partial charge on any atom is -0.310 e. The van der Waals surface area contributed by atoms with E-state index in [1.54, 1.807) is 5.57 Å². The lowest BCUT2D eigenvalue weighted by molar-refractivity contribution is 0.516. The Morgan fingerprint density at radius 2 is 1.08 bits per heavy atom.